The molecule has 3 aromatic carbocycles. The number of anilines is 1. The summed E-state index contributed by atoms with van der Waals surface area (Å²) in [4.78, 5) is 41.1. The van der Waals surface area contributed by atoms with Gasteiger partial charge in [-0.2, -0.15) is 0 Å². The first-order valence-corrected chi connectivity index (χ1v) is 16.3. The van der Waals surface area contributed by atoms with Crippen LogP contribution in [-0.4, -0.2) is 53.9 Å². The van der Waals surface area contributed by atoms with Crippen molar-refractivity contribution in [1.29, 1.82) is 0 Å². The Balaban J connectivity index is 1.14. The Kier molecular flexibility index (Phi) is 9.50. The maximum Gasteiger partial charge on any atom is 0.414 e. The zero-order chi connectivity index (χ0) is 31.3. The maximum atomic E-state index is 13.7. The minimum atomic E-state index is -0.943. The number of cyclic esters (lactones) is 1. The molecule has 2 bridgehead atoms. The number of aliphatic hydroxyl groups is 1. The van der Waals surface area contributed by atoms with Gasteiger partial charge >= 0.3 is 6.09 Å². The zero-order valence-electron chi connectivity index (χ0n) is 25.8. The molecule has 3 amide bonds. The zero-order valence-corrected chi connectivity index (χ0v) is 25.8. The molecule has 2 saturated carbocycles. The molecule has 3 unspecified atom stereocenters. The molecule has 0 spiro atoms. The number of hydrogen-bond donors (Lipinski definition) is 3. The summed E-state index contributed by atoms with van der Waals surface area (Å²) in [6, 6.07) is 26.0. The maximum absolute atomic E-state index is 13.7. The molecule has 1 saturated heterocycles. The normalized spacial score (nSPS) is 24.1. The Hall–Kier alpha value is -4.17. The number of benzene rings is 3. The first-order valence-electron chi connectivity index (χ1n) is 16.3. The molecule has 8 nitrogen and oxygen atoms in total. The van der Waals surface area contributed by atoms with Crippen LogP contribution in [0.5, 0.6) is 0 Å². The quantitative estimate of drug-likeness (QED) is 0.259. The van der Waals surface area contributed by atoms with Gasteiger partial charge in [-0.3, -0.25) is 14.5 Å². The molecule has 3 aromatic rings. The Bertz CT molecular complexity index is 1480. The third kappa shape index (κ3) is 7.39. The molecule has 1 aliphatic heterocycles. The lowest BCUT2D eigenvalue weighted by Gasteiger charge is -2.28. The smallest absolute Gasteiger partial charge is 0.414 e. The number of carbonyl (C=O) groups excluding carboxylic acids is 3. The molecule has 236 valence electrons. The van der Waals surface area contributed by atoms with Gasteiger partial charge in [0.15, 0.2) is 0 Å². The first kappa shape index (κ1) is 30.8. The number of nitrogens with zero attached hydrogens (tertiary/aromatic N) is 1. The Morgan fingerprint density at radius 3 is 2.38 bits per heavy atom. The van der Waals surface area contributed by atoms with E-state index in [0.717, 1.165) is 23.5 Å². The summed E-state index contributed by atoms with van der Waals surface area (Å²) < 4.78 is 5.40. The van der Waals surface area contributed by atoms with Crippen LogP contribution in [0.25, 0.3) is 0 Å². The van der Waals surface area contributed by atoms with Crippen molar-refractivity contribution >= 4 is 23.6 Å². The average molecular weight is 610 g/mol. The van der Waals surface area contributed by atoms with Gasteiger partial charge in [0.25, 0.3) is 5.91 Å². The molecule has 8 heteroatoms. The fourth-order valence-electron chi connectivity index (χ4n) is 7.39. The van der Waals surface area contributed by atoms with Crippen LogP contribution in [-0.2, 0) is 22.4 Å². The van der Waals surface area contributed by atoms with E-state index in [9.17, 15) is 19.5 Å². The number of rotatable bonds is 12. The highest BCUT2D eigenvalue weighted by molar-refractivity contribution is 5.97. The number of fused-ring (bicyclic) bond motifs is 2. The highest BCUT2D eigenvalue weighted by Gasteiger charge is 2.41. The van der Waals surface area contributed by atoms with Crippen LogP contribution >= 0.6 is 0 Å². The van der Waals surface area contributed by atoms with E-state index in [-0.39, 0.29) is 36.9 Å². The number of ether oxygens (including phenoxy) is 1. The van der Waals surface area contributed by atoms with E-state index in [2.05, 4.69) is 10.6 Å². The van der Waals surface area contributed by atoms with Crippen LogP contribution in [0, 0.1) is 17.8 Å². The van der Waals surface area contributed by atoms with Gasteiger partial charge in [0.1, 0.15) is 6.61 Å². The van der Waals surface area contributed by atoms with E-state index in [1.807, 2.05) is 67.6 Å². The van der Waals surface area contributed by atoms with Gasteiger partial charge in [0.2, 0.25) is 5.91 Å². The second-order valence-corrected chi connectivity index (χ2v) is 13.1. The van der Waals surface area contributed by atoms with E-state index in [1.165, 1.54) is 19.3 Å². The lowest BCUT2D eigenvalue weighted by atomic mass is 9.92. The number of carbonyl (C=O) groups is 3. The van der Waals surface area contributed by atoms with E-state index < -0.39 is 24.2 Å². The number of hydrogen-bond acceptors (Lipinski definition) is 5. The van der Waals surface area contributed by atoms with Crippen molar-refractivity contribution < 1.29 is 24.2 Å². The first-order chi connectivity index (χ1) is 21.8. The van der Waals surface area contributed by atoms with Crippen molar-refractivity contribution in [3.8, 4) is 0 Å². The number of amides is 3. The standard InChI is InChI=1S/C37H43N3O5/c1-24(35(42)38-32-21-27-15-16-28(32)18-27)17-34(41)33(20-26-11-6-3-7-12-26)39-36(43)29-13-8-14-30(22-29)40-31(23-45-37(40)44)19-25-9-4-2-5-10-25/h2-14,22,24,27-28,31-34,41H,15-21,23H2,1H3,(H,38,42)(H,39,43)/t24-,27?,28?,31-,32?,33+,34+/m1/s1. The molecule has 0 radical (unpaired) electrons. The van der Waals surface area contributed by atoms with Crippen LogP contribution in [0.4, 0.5) is 10.5 Å². The predicted octanol–water partition coefficient (Wildman–Crippen LogP) is 5.29. The van der Waals surface area contributed by atoms with Gasteiger partial charge in [-0.1, -0.05) is 80.1 Å². The van der Waals surface area contributed by atoms with Gasteiger partial charge < -0.3 is 20.5 Å². The minimum Gasteiger partial charge on any atom is -0.447 e. The molecular weight excluding hydrogens is 566 g/mol. The summed E-state index contributed by atoms with van der Waals surface area (Å²) in [5.74, 6) is 0.513. The summed E-state index contributed by atoms with van der Waals surface area (Å²) in [6.45, 7) is 2.11. The van der Waals surface area contributed by atoms with Crippen LogP contribution in [0.2, 0.25) is 0 Å². The van der Waals surface area contributed by atoms with Crippen molar-refractivity contribution in [3.63, 3.8) is 0 Å². The van der Waals surface area contributed by atoms with Crippen molar-refractivity contribution in [1.82, 2.24) is 10.6 Å². The predicted molar refractivity (Wildman–Crippen MR) is 173 cm³/mol. The van der Waals surface area contributed by atoms with E-state index in [0.29, 0.717) is 30.0 Å². The number of nitrogens with one attached hydrogen (secondary N) is 2. The molecule has 45 heavy (non-hydrogen) atoms. The molecule has 3 N–H and O–H groups in total. The molecule has 2 aliphatic carbocycles. The van der Waals surface area contributed by atoms with Crippen LogP contribution in [0.1, 0.15) is 60.5 Å². The third-order valence-corrected chi connectivity index (χ3v) is 9.85. The molecule has 3 aliphatic rings. The summed E-state index contributed by atoms with van der Waals surface area (Å²) in [5, 5.41) is 17.7. The van der Waals surface area contributed by atoms with Crippen LogP contribution in [0.15, 0.2) is 84.9 Å². The third-order valence-electron chi connectivity index (χ3n) is 9.85. The lowest BCUT2D eigenvalue weighted by molar-refractivity contribution is -0.126. The monoisotopic (exact) mass is 609 g/mol. The SMILES string of the molecule is C[C@H](C[C@H](O)[C@H](Cc1ccccc1)NC(=O)c1cccc(N2C(=O)OC[C@H]2Cc2ccccc2)c1)C(=O)NC1CC2CCC1C2. The molecule has 6 rings (SSSR count). The summed E-state index contributed by atoms with van der Waals surface area (Å²) in [7, 11) is 0. The topological polar surface area (TPSA) is 108 Å². The largest absolute Gasteiger partial charge is 0.447 e. The second-order valence-electron chi connectivity index (χ2n) is 13.1. The van der Waals surface area contributed by atoms with E-state index in [4.69, 9.17) is 4.74 Å². The molecule has 0 aromatic heterocycles. The summed E-state index contributed by atoms with van der Waals surface area (Å²) in [5.41, 5.74) is 3.02. The molecule has 3 fully saturated rings. The van der Waals surface area contributed by atoms with Crippen LogP contribution in [0.3, 0.4) is 0 Å². The van der Waals surface area contributed by atoms with Gasteiger partial charge in [0, 0.05) is 23.2 Å². The van der Waals surface area contributed by atoms with Gasteiger partial charge in [0.05, 0.1) is 18.2 Å². The second kappa shape index (κ2) is 13.9. The van der Waals surface area contributed by atoms with Gasteiger partial charge in [-0.05, 0) is 79.7 Å². The average Bonchev–Trinajstić information content (AvgIpc) is 3.78. The van der Waals surface area contributed by atoms with Crippen molar-refractivity contribution in [2.75, 3.05) is 11.5 Å². The summed E-state index contributed by atoms with van der Waals surface area (Å²) >= 11 is 0. The summed E-state index contributed by atoms with van der Waals surface area (Å²) in [6.07, 6.45) is 4.60. The Labute approximate surface area is 265 Å². The van der Waals surface area contributed by atoms with Crippen LogP contribution < -0.4 is 15.5 Å². The Morgan fingerprint density at radius 1 is 0.956 bits per heavy atom. The van der Waals surface area contributed by atoms with Gasteiger partial charge in [-0.25, -0.2) is 4.79 Å². The lowest BCUT2D eigenvalue weighted by Crippen LogP contribution is -2.47. The molecule has 7 atom stereocenters. The van der Waals surface area contributed by atoms with E-state index >= 15 is 0 Å². The van der Waals surface area contributed by atoms with Crippen molar-refractivity contribution in [2.45, 2.75) is 76.1 Å². The molecular formula is C37H43N3O5. The fraction of sp³-hybridized carbons (Fsp3) is 0.432. The highest BCUT2D eigenvalue weighted by atomic mass is 16.6. The van der Waals surface area contributed by atoms with Gasteiger partial charge in [-0.15, -0.1) is 0 Å². The minimum absolute atomic E-state index is 0.0355. The highest BCUT2D eigenvalue weighted by Crippen LogP contribution is 2.44. The van der Waals surface area contributed by atoms with Crippen molar-refractivity contribution in [2.24, 2.45) is 17.8 Å². The van der Waals surface area contributed by atoms with E-state index in [1.54, 1.807) is 29.2 Å². The van der Waals surface area contributed by atoms with Crippen molar-refractivity contribution in [3.05, 3.63) is 102 Å². The fourth-order valence-corrected chi connectivity index (χ4v) is 7.39. The molecule has 1 heterocycles. The number of aliphatic hydroxyl groups excluding tert-OH is 1. The Morgan fingerprint density at radius 2 is 1.69 bits per heavy atom.